The van der Waals surface area contributed by atoms with Crippen LogP contribution in [0.3, 0.4) is 0 Å². The van der Waals surface area contributed by atoms with Crippen LogP contribution in [0.25, 0.3) is 11.3 Å². The zero-order valence-electron chi connectivity index (χ0n) is 14.6. The summed E-state index contributed by atoms with van der Waals surface area (Å²) >= 11 is 0. The predicted octanol–water partition coefficient (Wildman–Crippen LogP) is 3.52. The second-order valence-corrected chi connectivity index (χ2v) is 5.74. The van der Waals surface area contributed by atoms with Gasteiger partial charge in [-0.3, -0.25) is 4.79 Å². The SMILES string of the molecule is COc1ccc(OC)c(Cc2cc(C#N)c(-c3ccccc3)[nH]c2=O)c1. The Balaban J connectivity index is 2.06. The van der Waals surface area contributed by atoms with Crippen molar-refractivity contribution in [2.45, 2.75) is 6.42 Å². The van der Waals surface area contributed by atoms with E-state index >= 15 is 0 Å². The van der Waals surface area contributed by atoms with Gasteiger partial charge in [-0.1, -0.05) is 30.3 Å². The maximum Gasteiger partial charge on any atom is 0.252 e. The number of nitrogens with zero attached hydrogens (tertiary/aromatic N) is 1. The van der Waals surface area contributed by atoms with Gasteiger partial charge >= 0.3 is 0 Å². The highest BCUT2D eigenvalue weighted by Crippen LogP contribution is 2.27. The van der Waals surface area contributed by atoms with Crippen LogP contribution < -0.4 is 15.0 Å². The van der Waals surface area contributed by atoms with E-state index in [1.807, 2.05) is 36.4 Å². The monoisotopic (exact) mass is 346 g/mol. The molecule has 0 spiro atoms. The maximum absolute atomic E-state index is 12.6. The van der Waals surface area contributed by atoms with Crippen LogP contribution >= 0.6 is 0 Å². The van der Waals surface area contributed by atoms with Crippen molar-refractivity contribution in [3.05, 3.63) is 81.6 Å². The zero-order chi connectivity index (χ0) is 18.5. The fraction of sp³-hybridized carbons (Fsp3) is 0.143. The van der Waals surface area contributed by atoms with Crippen LogP contribution in [0.1, 0.15) is 16.7 Å². The summed E-state index contributed by atoms with van der Waals surface area (Å²) in [5.74, 6) is 1.34. The number of H-pyrrole nitrogens is 1. The highest BCUT2D eigenvalue weighted by atomic mass is 16.5. The Morgan fingerprint density at radius 1 is 1.00 bits per heavy atom. The van der Waals surface area contributed by atoms with Gasteiger partial charge in [0.25, 0.3) is 5.56 Å². The van der Waals surface area contributed by atoms with E-state index in [1.165, 1.54) is 0 Å². The van der Waals surface area contributed by atoms with Crippen molar-refractivity contribution in [2.75, 3.05) is 14.2 Å². The molecule has 1 aromatic heterocycles. The first-order valence-electron chi connectivity index (χ1n) is 8.09. The molecule has 1 heterocycles. The minimum Gasteiger partial charge on any atom is -0.497 e. The van der Waals surface area contributed by atoms with Gasteiger partial charge in [0.15, 0.2) is 0 Å². The van der Waals surface area contributed by atoms with Gasteiger partial charge in [-0.15, -0.1) is 0 Å². The largest absolute Gasteiger partial charge is 0.497 e. The second kappa shape index (κ2) is 7.58. The number of ether oxygens (including phenoxy) is 2. The number of methoxy groups -OCH3 is 2. The van der Waals surface area contributed by atoms with E-state index in [4.69, 9.17) is 9.47 Å². The van der Waals surface area contributed by atoms with Crippen LogP contribution in [0.2, 0.25) is 0 Å². The molecule has 0 aliphatic carbocycles. The van der Waals surface area contributed by atoms with E-state index in [1.54, 1.807) is 32.4 Å². The molecular weight excluding hydrogens is 328 g/mol. The molecule has 0 radical (unpaired) electrons. The molecule has 26 heavy (non-hydrogen) atoms. The van der Waals surface area contributed by atoms with Gasteiger partial charge in [-0.05, 0) is 29.8 Å². The summed E-state index contributed by atoms with van der Waals surface area (Å²) in [4.78, 5) is 15.5. The van der Waals surface area contributed by atoms with Crippen LogP contribution in [0.15, 0.2) is 59.4 Å². The highest BCUT2D eigenvalue weighted by molar-refractivity contribution is 5.66. The topological polar surface area (TPSA) is 75.1 Å². The van der Waals surface area contributed by atoms with Crippen molar-refractivity contribution in [2.24, 2.45) is 0 Å². The molecule has 0 fully saturated rings. The highest BCUT2D eigenvalue weighted by Gasteiger charge is 2.13. The Morgan fingerprint density at radius 2 is 1.77 bits per heavy atom. The molecule has 0 saturated heterocycles. The Morgan fingerprint density at radius 3 is 2.42 bits per heavy atom. The number of benzene rings is 2. The molecule has 0 aliphatic rings. The van der Waals surface area contributed by atoms with E-state index in [-0.39, 0.29) is 5.56 Å². The quantitative estimate of drug-likeness (QED) is 0.767. The lowest BCUT2D eigenvalue weighted by atomic mass is 10.0. The first kappa shape index (κ1) is 17.3. The van der Waals surface area contributed by atoms with Crippen LogP contribution in [0, 0.1) is 11.3 Å². The molecular formula is C21H18N2O3. The lowest BCUT2D eigenvalue weighted by Crippen LogP contribution is -2.15. The molecule has 0 atom stereocenters. The summed E-state index contributed by atoms with van der Waals surface area (Å²) in [5, 5.41) is 9.53. The smallest absolute Gasteiger partial charge is 0.252 e. The zero-order valence-corrected chi connectivity index (χ0v) is 14.6. The first-order valence-corrected chi connectivity index (χ1v) is 8.09. The molecule has 130 valence electrons. The van der Waals surface area contributed by atoms with E-state index in [2.05, 4.69) is 11.1 Å². The summed E-state index contributed by atoms with van der Waals surface area (Å²) in [6.45, 7) is 0. The number of aromatic amines is 1. The minimum atomic E-state index is -0.229. The third-order valence-corrected chi connectivity index (χ3v) is 4.17. The Hall–Kier alpha value is -3.52. The molecule has 2 aromatic carbocycles. The van der Waals surface area contributed by atoms with Gasteiger partial charge in [-0.2, -0.15) is 5.26 Å². The molecule has 3 aromatic rings. The van der Waals surface area contributed by atoms with E-state index < -0.39 is 0 Å². The molecule has 0 aliphatic heterocycles. The molecule has 0 saturated carbocycles. The fourth-order valence-corrected chi connectivity index (χ4v) is 2.85. The summed E-state index contributed by atoms with van der Waals surface area (Å²) in [7, 11) is 3.16. The normalized spacial score (nSPS) is 10.2. The van der Waals surface area contributed by atoms with Crippen molar-refractivity contribution < 1.29 is 9.47 Å². The van der Waals surface area contributed by atoms with Crippen LogP contribution in [-0.4, -0.2) is 19.2 Å². The van der Waals surface area contributed by atoms with Gasteiger partial charge < -0.3 is 14.5 Å². The van der Waals surface area contributed by atoms with Crippen molar-refractivity contribution in [3.8, 4) is 28.8 Å². The first-order chi connectivity index (χ1) is 12.7. The summed E-state index contributed by atoms with van der Waals surface area (Å²) in [6.07, 6.45) is 0.333. The average Bonchev–Trinajstić information content (AvgIpc) is 2.69. The Kier molecular flexibility index (Phi) is 5.04. The minimum absolute atomic E-state index is 0.229. The van der Waals surface area contributed by atoms with E-state index in [0.717, 1.165) is 11.1 Å². The molecule has 3 rings (SSSR count). The van der Waals surface area contributed by atoms with Crippen LogP contribution in [0.4, 0.5) is 0 Å². The number of nitriles is 1. The number of hydrogen-bond donors (Lipinski definition) is 1. The maximum atomic E-state index is 12.6. The Labute approximate surface area is 151 Å². The molecule has 5 nitrogen and oxygen atoms in total. The molecule has 5 heteroatoms. The van der Waals surface area contributed by atoms with Crippen LogP contribution in [-0.2, 0) is 6.42 Å². The number of pyridine rings is 1. The van der Waals surface area contributed by atoms with E-state index in [9.17, 15) is 10.1 Å². The van der Waals surface area contributed by atoms with E-state index in [0.29, 0.717) is 34.7 Å². The van der Waals surface area contributed by atoms with Gasteiger partial charge in [0.1, 0.15) is 17.6 Å². The third kappa shape index (κ3) is 3.45. The van der Waals surface area contributed by atoms with Crippen molar-refractivity contribution in [3.63, 3.8) is 0 Å². The average molecular weight is 346 g/mol. The number of rotatable bonds is 5. The van der Waals surface area contributed by atoms with Gasteiger partial charge in [0.05, 0.1) is 25.5 Å². The summed E-state index contributed by atoms with van der Waals surface area (Å²) in [6, 6.07) is 18.6. The number of aromatic nitrogens is 1. The molecule has 1 N–H and O–H groups in total. The lowest BCUT2D eigenvalue weighted by molar-refractivity contribution is 0.399. The molecule has 0 bridgehead atoms. The van der Waals surface area contributed by atoms with Crippen molar-refractivity contribution in [1.82, 2.24) is 4.98 Å². The second-order valence-electron chi connectivity index (χ2n) is 5.74. The summed E-state index contributed by atoms with van der Waals surface area (Å²) in [5.41, 5.74) is 2.83. The Bertz CT molecular complexity index is 1020. The van der Waals surface area contributed by atoms with Crippen molar-refractivity contribution >= 4 is 0 Å². The molecule has 0 unspecified atom stereocenters. The van der Waals surface area contributed by atoms with Gasteiger partial charge in [0.2, 0.25) is 0 Å². The predicted molar refractivity (Wildman–Crippen MR) is 99.6 cm³/mol. The standard InChI is InChI=1S/C21H18N2O3/c1-25-18-8-9-19(26-2)15(12-18)10-16-11-17(13-22)20(23-21(16)24)14-6-4-3-5-7-14/h3-9,11-12H,10H2,1-2H3,(H,23,24). The van der Waals surface area contributed by atoms with Gasteiger partial charge in [0, 0.05) is 17.5 Å². The van der Waals surface area contributed by atoms with Gasteiger partial charge in [-0.25, -0.2) is 0 Å². The molecule has 0 amide bonds. The van der Waals surface area contributed by atoms with Crippen molar-refractivity contribution in [1.29, 1.82) is 5.26 Å². The third-order valence-electron chi connectivity index (χ3n) is 4.17. The van der Waals surface area contributed by atoms with Crippen LogP contribution in [0.5, 0.6) is 11.5 Å². The summed E-state index contributed by atoms with van der Waals surface area (Å²) < 4.78 is 10.6. The fourth-order valence-electron chi connectivity index (χ4n) is 2.85. The number of nitrogens with one attached hydrogen (secondary N) is 1. The number of hydrogen-bond acceptors (Lipinski definition) is 4. The lowest BCUT2D eigenvalue weighted by Gasteiger charge is -2.11.